The smallest absolute Gasteiger partial charge is 0.122 e. The van der Waals surface area contributed by atoms with Crippen molar-refractivity contribution in [3.8, 4) is 0 Å². The van der Waals surface area contributed by atoms with Crippen molar-refractivity contribution in [2.24, 2.45) is 11.8 Å². The normalized spacial score (nSPS) is 50.5. The van der Waals surface area contributed by atoms with E-state index in [2.05, 4.69) is 6.92 Å². The topological polar surface area (TPSA) is 12.0 Å². The fourth-order valence-corrected chi connectivity index (χ4v) is 1.52. The zero-order valence-corrected chi connectivity index (χ0v) is 7.56. The molecule has 11 heavy (non-hydrogen) atoms. The molecule has 1 fully saturated rings. The van der Waals surface area contributed by atoms with E-state index >= 15 is 0 Å². The van der Waals surface area contributed by atoms with Crippen molar-refractivity contribution < 1.29 is 5.52 Å². The van der Waals surface area contributed by atoms with Gasteiger partial charge in [0.2, 0.25) is 0 Å². The molecule has 1 aliphatic rings. The quantitative estimate of drug-likeness (QED) is 0.667. The Balaban J connectivity index is 2.76. The van der Waals surface area contributed by atoms with E-state index in [1.165, 1.54) is 0 Å². The lowest BCUT2D eigenvalue weighted by Crippen LogP contribution is -2.34. The van der Waals surface area contributed by atoms with Crippen molar-refractivity contribution >= 4 is 0 Å². The lowest BCUT2D eigenvalue weighted by molar-refractivity contribution is 0.254. The van der Waals surface area contributed by atoms with Crippen LogP contribution in [0.5, 0.6) is 0 Å². The third-order valence-electron chi connectivity index (χ3n) is 2.36. The minimum Gasteiger partial charge on any atom is -0.316 e. The Morgan fingerprint density at radius 2 is 2.64 bits per heavy atom. The van der Waals surface area contributed by atoms with Gasteiger partial charge in [-0.1, -0.05) is 33.1 Å². The van der Waals surface area contributed by atoms with Crippen LogP contribution in [0.4, 0.5) is 0 Å². The number of hydrogen-bond donors (Lipinski definition) is 1. The van der Waals surface area contributed by atoms with Gasteiger partial charge in [-0.15, -0.1) is 0 Å². The first-order valence-electron chi connectivity index (χ1n) is 6.55. The molecular weight excluding hydrogens is 134 g/mol. The summed E-state index contributed by atoms with van der Waals surface area (Å²) < 4.78 is 31.3. The van der Waals surface area contributed by atoms with Crippen LogP contribution < -0.4 is 5.31 Å². The van der Waals surface area contributed by atoms with Crippen LogP contribution in [0.2, 0.25) is 1.41 Å². The van der Waals surface area contributed by atoms with Crippen molar-refractivity contribution in [1.82, 2.24) is 5.31 Å². The van der Waals surface area contributed by atoms with Crippen molar-refractivity contribution in [1.29, 1.82) is 0 Å². The van der Waals surface area contributed by atoms with E-state index in [0.29, 0.717) is 6.54 Å². The minimum absolute atomic E-state index is 0.0778. The standard InChI is InChI=1S/C10H21N/c1-3-4-5-10-6-7-11-8-9(10)2/h9-11H,3-8H2,1-2H3/i8D2,9D/hD. The fourth-order valence-electron chi connectivity index (χ4n) is 1.52. The predicted octanol–water partition coefficient (Wildman–Crippen LogP) is 2.42. The highest BCUT2D eigenvalue weighted by atomic mass is 14.9. The van der Waals surface area contributed by atoms with Gasteiger partial charge in [-0.25, -0.2) is 0 Å². The average Bonchev–Trinajstić information content (AvgIpc) is 2.14. The van der Waals surface area contributed by atoms with E-state index < -0.39 is 12.4 Å². The molecule has 0 saturated carbocycles. The molecule has 0 radical (unpaired) electrons. The van der Waals surface area contributed by atoms with Crippen LogP contribution in [0.3, 0.4) is 0 Å². The SMILES string of the molecule is [2H]N1CCC(CCCC)C([2H])(C)C1([2H])[2H]. The second kappa shape index (κ2) is 4.76. The van der Waals surface area contributed by atoms with Gasteiger partial charge in [-0.05, 0) is 31.3 Å². The van der Waals surface area contributed by atoms with Crippen LogP contribution in [0, 0.1) is 11.8 Å². The highest BCUT2D eigenvalue weighted by Gasteiger charge is 2.19. The lowest BCUT2D eigenvalue weighted by atomic mass is 9.84. The number of nitrogens with one attached hydrogen (secondary N) is 1. The largest absolute Gasteiger partial charge is 0.316 e. The van der Waals surface area contributed by atoms with Crippen molar-refractivity contribution in [2.45, 2.75) is 39.5 Å². The molecule has 0 spiro atoms. The van der Waals surface area contributed by atoms with Gasteiger partial charge in [0.1, 0.15) is 1.41 Å². The number of rotatable bonds is 3. The molecule has 0 bridgehead atoms. The second-order valence-electron chi connectivity index (χ2n) is 3.30. The first kappa shape index (κ1) is 4.86. The molecular formula is C10H21N. The van der Waals surface area contributed by atoms with Gasteiger partial charge < -0.3 is 5.31 Å². The molecule has 1 nitrogen and oxygen atoms in total. The third kappa shape index (κ3) is 2.82. The summed E-state index contributed by atoms with van der Waals surface area (Å²) in [5, 5.41) is 0.933. The summed E-state index contributed by atoms with van der Waals surface area (Å²) >= 11 is 0. The van der Waals surface area contributed by atoms with E-state index in [1.54, 1.807) is 6.92 Å². The Hall–Kier alpha value is -0.0400. The summed E-state index contributed by atoms with van der Waals surface area (Å²) in [6.45, 7) is 2.35. The van der Waals surface area contributed by atoms with Crippen molar-refractivity contribution in [3.05, 3.63) is 0 Å². The maximum absolute atomic E-state index is 8.16. The van der Waals surface area contributed by atoms with E-state index in [9.17, 15) is 0 Å². The Bertz CT molecular complexity index is 215. The Kier molecular flexibility index (Phi) is 2.10. The van der Waals surface area contributed by atoms with E-state index in [4.69, 9.17) is 5.52 Å². The molecule has 1 saturated heterocycles. The molecule has 66 valence electrons. The lowest BCUT2D eigenvalue weighted by Gasteiger charge is -2.29. The molecule has 1 heteroatoms. The Labute approximate surface area is 76.2 Å². The van der Waals surface area contributed by atoms with Crippen LogP contribution in [0.25, 0.3) is 0 Å². The molecule has 0 amide bonds. The first-order valence-corrected chi connectivity index (χ1v) is 4.60. The van der Waals surface area contributed by atoms with Gasteiger partial charge >= 0.3 is 0 Å². The van der Waals surface area contributed by atoms with Gasteiger partial charge in [-0.2, -0.15) is 0 Å². The monoisotopic (exact) mass is 159 g/mol. The van der Waals surface area contributed by atoms with E-state index in [0.717, 1.165) is 31.0 Å². The molecule has 1 N–H and O–H groups in total. The van der Waals surface area contributed by atoms with Crippen molar-refractivity contribution in [2.75, 3.05) is 13.0 Å². The molecule has 2 unspecified atom stereocenters. The van der Waals surface area contributed by atoms with Crippen molar-refractivity contribution in [3.63, 3.8) is 0 Å². The zero-order valence-electron chi connectivity index (χ0n) is 11.6. The Morgan fingerprint density at radius 1 is 1.82 bits per heavy atom. The molecule has 0 aromatic heterocycles. The second-order valence-corrected chi connectivity index (χ2v) is 3.30. The molecule has 0 aliphatic carbocycles. The summed E-state index contributed by atoms with van der Waals surface area (Å²) in [5.41, 5.74) is 0. The van der Waals surface area contributed by atoms with Gasteiger partial charge in [0.15, 0.2) is 0 Å². The highest BCUT2D eigenvalue weighted by Crippen LogP contribution is 2.23. The van der Waals surface area contributed by atoms with Gasteiger partial charge in [-0.3, -0.25) is 0 Å². The van der Waals surface area contributed by atoms with Gasteiger partial charge in [0, 0.05) is 4.11 Å². The number of piperidine rings is 1. The van der Waals surface area contributed by atoms with Crippen LogP contribution in [-0.2, 0) is 0 Å². The van der Waals surface area contributed by atoms with E-state index in [-0.39, 0.29) is 5.92 Å². The predicted molar refractivity (Wildman–Crippen MR) is 49.7 cm³/mol. The molecule has 1 aliphatic heterocycles. The van der Waals surface area contributed by atoms with E-state index in [1.807, 2.05) is 0 Å². The summed E-state index contributed by atoms with van der Waals surface area (Å²) in [6, 6.07) is 0. The maximum Gasteiger partial charge on any atom is 0.122 e. The highest BCUT2D eigenvalue weighted by molar-refractivity contribution is 4.74. The molecule has 2 atom stereocenters. The number of hydrogen-bond acceptors (Lipinski definition) is 1. The minimum atomic E-state index is -1.83. The van der Waals surface area contributed by atoms with Crippen LogP contribution in [0.15, 0.2) is 0 Å². The molecule has 1 rings (SSSR count). The first-order chi connectivity index (χ1) is 6.84. The summed E-state index contributed by atoms with van der Waals surface area (Å²) in [4.78, 5) is 0. The van der Waals surface area contributed by atoms with Crippen LogP contribution in [0.1, 0.15) is 43.6 Å². The fraction of sp³-hybridized carbons (Fsp3) is 1.00. The summed E-state index contributed by atoms with van der Waals surface area (Å²) in [6.07, 6.45) is 3.81. The zero-order chi connectivity index (χ0) is 11.7. The third-order valence-corrected chi connectivity index (χ3v) is 2.36. The van der Waals surface area contributed by atoms with Gasteiger partial charge in [0.25, 0.3) is 0 Å². The average molecular weight is 159 g/mol. The molecule has 0 aromatic carbocycles. The molecule has 1 heterocycles. The summed E-state index contributed by atoms with van der Waals surface area (Å²) in [5.74, 6) is -1.09. The van der Waals surface area contributed by atoms with Gasteiger partial charge in [0.05, 0.1) is 0 Å². The van der Waals surface area contributed by atoms with Crippen LogP contribution >= 0.6 is 0 Å². The Morgan fingerprint density at radius 3 is 3.36 bits per heavy atom. The maximum atomic E-state index is 8.16. The molecule has 0 aromatic rings. The van der Waals surface area contributed by atoms with Crippen LogP contribution in [-0.4, -0.2) is 13.0 Å². The summed E-state index contributed by atoms with van der Waals surface area (Å²) in [7, 11) is 0. The number of unbranched alkanes of at least 4 members (excludes halogenated alkanes) is 1.